The van der Waals surface area contributed by atoms with E-state index in [2.05, 4.69) is 4.65 Å². The van der Waals surface area contributed by atoms with Crippen LogP contribution < -0.4 is 4.65 Å². The average molecular weight is 123 g/mol. The molecule has 0 heterocycles. The molecule has 0 aromatic heterocycles. The average Bonchev–Trinajstić information content (AvgIpc) is 1.41. The first-order chi connectivity index (χ1) is 2.41. The first-order valence-corrected chi connectivity index (χ1v) is 4.65. The maximum Gasteiger partial charge on any atom is 0.216 e. The quantitative estimate of drug-likeness (QED) is 0.380. The second-order valence-electron chi connectivity index (χ2n) is 0.787. The Labute approximate surface area is 40.4 Å². The third-order valence-electron chi connectivity index (χ3n) is 0.289. The molecule has 32 valence electrons. The number of hydrogen-bond donors (Lipinski definition) is 1. The topological polar surface area (TPSA) is 21.3 Å². The van der Waals surface area contributed by atoms with Gasteiger partial charge in [-0.1, -0.05) is 0 Å². The molecule has 0 rings (SSSR count). The van der Waals surface area contributed by atoms with Crippen LogP contribution in [0.5, 0.6) is 0 Å². The van der Waals surface area contributed by atoms with Crippen LogP contribution in [0.15, 0.2) is 0 Å². The molecule has 0 saturated carbocycles. The molecule has 0 fully saturated rings. The summed E-state index contributed by atoms with van der Waals surface area (Å²) < 4.78 is 8.00. The van der Waals surface area contributed by atoms with Crippen molar-refractivity contribution in [2.24, 2.45) is 0 Å². The Morgan fingerprint density at radius 3 is 2.40 bits per heavy atom. The Bertz CT molecular complexity index is 14.4. The highest BCUT2D eigenvalue weighted by molar-refractivity contribution is 6.40. The highest BCUT2D eigenvalue weighted by atomic mass is 28.3. The molecule has 0 unspecified atom stereocenters. The van der Waals surface area contributed by atoms with Gasteiger partial charge < -0.3 is 8.76 Å². The highest BCUT2D eigenvalue weighted by Gasteiger charge is 1.65. The summed E-state index contributed by atoms with van der Waals surface area (Å²) in [7, 11) is 1.83. The number of hydrogen-bond acceptors (Lipinski definition) is 2. The second kappa shape index (κ2) is 4.57. The molecule has 0 bridgehead atoms. The lowest BCUT2D eigenvalue weighted by atomic mass is 13.9. The molecule has 0 aromatic rings. The van der Waals surface area contributed by atoms with Gasteiger partial charge in [0.2, 0.25) is 9.92 Å². The van der Waals surface area contributed by atoms with E-state index in [1.165, 1.54) is 0 Å². The van der Waals surface area contributed by atoms with Gasteiger partial charge in [-0.25, -0.2) is 0 Å². The van der Waals surface area contributed by atoms with Gasteiger partial charge in [0.15, 0.2) is 0 Å². The predicted molar refractivity (Wildman–Crippen MR) is 32.6 cm³/mol. The standard InChI is InChI=1S/H9NOSi3/c3-1-5-2-4/h1H,5H2,3-4H3. The van der Waals surface area contributed by atoms with E-state index >= 15 is 0 Å². The third kappa shape index (κ3) is 4.57. The molecule has 0 amide bonds. The molecule has 0 atom stereocenters. The summed E-state index contributed by atoms with van der Waals surface area (Å²) in [4.78, 5) is 0. The van der Waals surface area contributed by atoms with E-state index in [0.29, 0.717) is 0 Å². The molecular formula is H9NOSi3. The van der Waals surface area contributed by atoms with Crippen LogP contribution in [0.3, 0.4) is 0 Å². The van der Waals surface area contributed by atoms with Crippen molar-refractivity contribution in [3.63, 3.8) is 0 Å². The van der Waals surface area contributed by atoms with Gasteiger partial charge in [0.25, 0.3) is 0 Å². The Balaban J connectivity index is 2.19. The monoisotopic (exact) mass is 123 g/mol. The summed E-state index contributed by atoms with van der Waals surface area (Å²) in [5, 5.41) is 0. The number of rotatable bonds is 2. The number of nitrogens with one attached hydrogen (secondary N) is 1. The summed E-state index contributed by atoms with van der Waals surface area (Å²) in [6.45, 7) is 0. The van der Waals surface area contributed by atoms with Gasteiger partial charge in [0, 0.05) is 0 Å². The van der Waals surface area contributed by atoms with Crippen LogP contribution in [0.2, 0.25) is 0 Å². The van der Waals surface area contributed by atoms with Crippen LogP contribution in [0, 0.1) is 0 Å². The lowest BCUT2D eigenvalue weighted by Crippen LogP contribution is -2.16. The normalized spacial score (nSPS) is 12.0. The Morgan fingerprint density at radius 2 is 2.40 bits per heavy atom. The van der Waals surface area contributed by atoms with Crippen molar-refractivity contribution in [1.29, 1.82) is 0 Å². The molecule has 0 radical (unpaired) electrons. The van der Waals surface area contributed by atoms with Gasteiger partial charge in [0.1, 0.15) is 10.5 Å². The maximum atomic E-state index is 4.89. The molecule has 0 aliphatic rings. The van der Waals surface area contributed by atoms with E-state index in [0.717, 1.165) is 20.9 Å². The molecule has 0 saturated heterocycles. The highest BCUT2D eigenvalue weighted by Crippen LogP contribution is 1.39. The van der Waals surface area contributed by atoms with E-state index in [4.69, 9.17) is 4.12 Å². The van der Waals surface area contributed by atoms with Crippen LogP contribution in [-0.4, -0.2) is 30.8 Å². The van der Waals surface area contributed by atoms with Crippen LogP contribution in [0.4, 0.5) is 0 Å². The molecule has 0 spiro atoms. The van der Waals surface area contributed by atoms with E-state index in [9.17, 15) is 0 Å². The minimum atomic E-state index is -0.194. The van der Waals surface area contributed by atoms with Crippen molar-refractivity contribution < 1.29 is 4.12 Å². The molecule has 5 heavy (non-hydrogen) atoms. The molecule has 2 nitrogen and oxygen atoms in total. The Morgan fingerprint density at radius 1 is 1.80 bits per heavy atom. The largest absolute Gasteiger partial charge is 0.458 e. The Kier molecular flexibility index (Phi) is 5.09. The molecular weight excluding hydrogens is 114 g/mol. The SMILES string of the molecule is [SiH3]N[SiH2]O[SiH3]. The fraction of sp³-hybridized carbons (Fsp3) is 0. The fourth-order valence-electron chi connectivity index (χ4n) is 0.144. The molecule has 1 N–H and O–H groups in total. The Hall–Kier alpha value is 0.571. The van der Waals surface area contributed by atoms with Crippen molar-refractivity contribution in [3.05, 3.63) is 0 Å². The molecule has 5 heteroatoms. The summed E-state index contributed by atoms with van der Waals surface area (Å²) in [5.41, 5.74) is 0. The van der Waals surface area contributed by atoms with Gasteiger partial charge in [0.05, 0.1) is 10.4 Å². The van der Waals surface area contributed by atoms with Gasteiger partial charge in [-0.2, -0.15) is 0 Å². The van der Waals surface area contributed by atoms with Crippen molar-refractivity contribution in [1.82, 2.24) is 4.65 Å². The van der Waals surface area contributed by atoms with Crippen LogP contribution in [0.25, 0.3) is 0 Å². The third-order valence-corrected chi connectivity index (χ3v) is 2.60. The lowest BCUT2D eigenvalue weighted by Gasteiger charge is -1.87. The van der Waals surface area contributed by atoms with Crippen molar-refractivity contribution in [3.8, 4) is 0 Å². The van der Waals surface area contributed by atoms with Crippen molar-refractivity contribution in [2.45, 2.75) is 0 Å². The smallest absolute Gasteiger partial charge is 0.216 e. The van der Waals surface area contributed by atoms with Gasteiger partial charge >= 0.3 is 0 Å². The maximum absolute atomic E-state index is 4.89. The predicted octanol–water partition coefficient (Wildman–Crippen LogP) is -3.85. The zero-order valence-electron chi connectivity index (χ0n) is 3.62. The summed E-state index contributed by atoms with van der Waals surface area (Å²) in [6, 6.07) is 0. The second-order valence-corrected chi connectivity index (χ2v) is 6.21. The van der Waals surface area contributed by atoms with E-state index in [-0.39, 0.29) is 9.92 Å². The molecule has 0 aliphatic carbocycles. The molecule has 0 aromatic carbocycles. The summed E-state index contributed by atoms with van der Waals surface area (Å²) >= 11 is 0. The first-order valence-electron chi connectivity index (χ1n) is 1.55. The summed E-state index contributed by atoms with van der Waals surface area (Å²) in [6.07, 6.45) is 0. The zero-order chi connectivity index (χ0) is 4.12. The minimum absolute atomic E-state index is 0.194. The van der Waals surface area contributed by atoms with E-state index in [1.807, 2.05) is 0 Å². The minimum Gasteiger partial charge on any atom is -0.458 e. The summed E-state index contributed by atoms with van der Waals surface area (Å²) in [5.74, 6) is 0. The van der Waals surface area contributed by atoms with Gasteiger partial charge in [-0.15, -0.1) is 0 Å². The first kappa shape index (κ1) is 5.57. The lowest BCUT2D eigenvalue weighted by molar-refractivity contribution is 0.659. The van der Waals surface area contributed by atoms with Crippen molar-refractivity contribution in [2.75, 3.05) is 0 Å². The van der Waals surface area contributed by atoms with Crippen LogP contribution >= 0.6 is 0 Å². The fourth-order valence-corrected chi connectivity index (χ4v) is 3.90. The van der Waals surface area contributed by atoms with Crippen molar-refractivity contribution >= 4 is 30.8 Å². The van der Waals surface area contributed by atoms with Gasteiger partial charge in [-0.3, -0.25) is 0 Å². The molecule has 0 aliphatic heterocycles. The van der Waals surface area contributed by atoms with Crippen LogP contribution in [0.1, 0.15) is 0 Å². The van der Waals surface area contributed by atoms with Gasteiger partial charge in [-0.05, 0) is 0 Å². The zero-order valence-corrected chi connectivity index (χ0v) is 9.03. The van der Waals surface area contributed by atoms with E-state index < -0.39 is 0 Å². The van der Waals surface area contributed by atoms with Crippen LogP contribution in [-0.2, 0) is 4.12 Å². The van der Waals surface area contributed by atoms with E-state index in [1.54, 1.807) is 0 Å².